The van der Waals surface area contributed by atoms with E-state index in [-0.39, 0.29) is 6.03 Å². The Hall–Kier alpha value is -4.06. The van der Waals surface area contributed by atoms with E-state index < -0.39 is 0 Å². The fourth-order valence-electron chi connectivity index (χ4n) is 5.21. The molecule has 0 bridgehead atoms. The van der Waals surface area contributed by atoms with Gasteiger partial charge in [-0.3, -0.25) is 0 Å². The van der Waals surface area contributed by atoms with Crippen molar-refractivity contribution in [2.45, 2.75) is 31.8 Å². The van der Waals surface area contributed by atoms with Gasteiger partial charge >= 0.3 is 6.03 Å². The summed E-state index contributed by atoms with van der Waals surface area (Å²) in [4.78, 5) is 22.6. The molecule has 176 valence electrons. The van der Waals surface area contributed by atoms with Gasteiger partial charge in [0.25, 0.3) is 0 Å². The maximum atomic E-state index is 12.8. The largest absolute Gasteiger partial charge is 0.361 e. The lowest BCUT2D eigenvalue weighted by atomic mass is 9.89. The molecule has 2 aromatic heterocycles. The average molecular weight is 464 g/mol. The van der Waals surface area contributed by atoms with Crippen LogP contribution in [0.2, 0.25) is 0 Å². The van der Waals surface area contributed by atoms with Crippen LogP contribution >= 0.6 is 0 Å². The molecule has 6 heteroatoms. The molecule has 1 fully saturated rings. The van der Waals surface area contributed by atoms with Crippen LogP contribution in [-0.4, -0.2) is 38.6 Å². The lowest BCUT2D eigenvalue weighted by Gasteiger charge is -2.32. The normalized spacial score (nSPS) is 14.6. The summed E-state index contributed by atoms with van der Waals surface area (Å²) in [5.74, 6) is 0.496. The number of benzene rings is 3. The summed E-state index contributed by atoms with van der Waals surface area (Å²) < 4.78 is 2.16. The van der Waals surface area contributed by atoms with Crippen molar-refractivity contribution >= 4 is 28.0 Å². The maximum Gasteiger partial charge on any atom is 0.317 e. The first-order chi connectivity index (χ1) is 17.2. The first-order valence-corrected chi connectivity index (χ1v) is 12.3. The number of aromatic nitrogens is 3. The topological polar surface area (TPSA) is 66.0 Å². The van der Waals surface area contributed by atoms with Crippen LogP contribution in [0.5, 0.6) is 0 Å². The van der Waals surface area contributed by atoms with Crippen LogP contribution in [-0.2, 0) is 13.1 Å². The zero-order valence-corrected chi connectivity index (χ0v) is 19.7. The van der Waals surface area contributed by atoms with E-state index in [1.807, 2.05) is 29.4 Å². The van der Waals surface area contributed by atoms with Crippen molar-refractivity contribution in [1.82, 2.24) is 24.8 Å². The maximum absolute atomic E-state index is 12.8. The Kier molecular flexibility index (Phi) is 5.70. The third kappa shape index (κ3) is 4.39. The van der Waals surface area contributed by atoms with Crippen LogP contribution in [0, 0.1) is 0 Å². The van der Waals surface area contributed by atoms with E-state index in [9.17, 15) is 4.79 Å². The highest BCUT2D eigenvalue weighted by Crippen LogP contribution is 2.33. The SMILES string of the molecule is O=C(NCc1ccc(Cn2cnc3ccccc32)cc1)N1CCC(c2c[nH]c3ccccc23)CC1. The molecule has 1 aliphatic heterocycles. The Labute approximate surface area is 204 Å². The molecule has 35 heavy (non-hydrogen) atoms. The smallest absolute Gasteiger partial charge is 0.317 e. The first-order valence-electron chi connectivity index (χ1n) is 12.3. The fraction of sp³-hybridized carbons (Fsp3) is 0.241. The number of likely N-dealkylation sites (tertiary alicyclic amines) is 1. The number of urea groups is 1. The highest BCUT2D eigenvalue weighted by atomic mass is 16.2. The van der Waals surface area contributed by atoms with Gasteiger partial charge in [-0.05, 0) is 53.6 Å². The van der Waals surface area contributed by atoms with E-state index in [1.165, 1.54) is 22.0 Å². The molecule has 0 atom stereocenters. The zero-order chi connectivity index (χ0) is 23.6. The molecule has 6 rings (SSSR count). The van der Waals surface area contributed by atoms with Crippen molar-refractivity contribution in [1.29, 1.82) is 0 Å². The third-order valence-corrected chi connectivity index (χ3v) is 7.19. The van der Waals surface area contributed by atoms with Crippen LogP contribution < -0.4 is 5.32 Å². The van der Waals surface area contributed by atoms with Crippen molar-refractivity contribution in [3.8, 4) is 0 Å². The average Bonchev–Trinajstić information content (AvgIpc) is 3.53. The van der Waals surface area contributed by atoms with Crippen LogP contribution in [0.3, 0.4) is 0 Å². The van der Waals surface area contributed by atoms with E-state index in [4.69, 9.17) is 0 Å². The monoisotopic (exact) mass is 463 g/mol. The van der Waals surface area contributed by atoms with E-state index >= 15 is 0 Å². The van der Waals surface area contributed by atoms with Crippen molar-refractivity contribution in [2.75, 3.05) is 13.1 Å². The molecular formula is C29H29N5O. The number of rotatable bonds is 5. The standard InChI is InChI=1S/C29H29N5O/c35-29(33-15-13-23(14-16-33)25-18-30-26-6-2-1-5-24(25)26)31-17-21-9-11-22(12-10-21)19-34-20-32-27-7-3-4-8-28(27)34/h1-12,18,20,23,30H,13-17,19H2,(H,31,35). The number of imidazole rings is 1. The van der Waals surface area contributed by atoms with Gasteiger partial charge < -0.3 is 19.8 Å². The van der Waals surface area contributed by atoms with Crippen molar-refractivity contribution in [3.05, 3.63) is 102 Å². The number of amides is 2. The fourth-order valence-corrected chi connectivity index (χ4v) is 5.21. The molecule has 0 radical (unpaired) electrons. The highest BCUT2D eigenvalue weighted by Gasteiger charge is 2.25. The van der Waals surface area contributed by atoms with Crippen LogP contribution in [0.4, 0.5) is 4.79 Å². The molecule has 2 amide bonds. The minimum Gasteiger partial charge on any atom is -0.361 e. The summed E-state index contributed by atoms with van der Waals surface area (Å²) in [5.41, 5.74) is 7.03. The second-order valence-corrected chi connectivity index (χ2v) is 9.39. The molecular weight excluding hydrogens is 434 g/mol. The lowest BCUT2D eigenvalue weighted by Crippen LogP contribution is -2.43. The van der Waals surface area contributed by atoms with Gasteiger partial charge in [0.15, 0.2) is 0 Å². The highest BCUT2D eigenvalue weighted by molar-refractivity contribution is 5.83. The van der Waals surface area contributed by atoms with E-state index in [2.05, 4.69) is 80.6 Å². The third-order valence-electron chi connectivity index (χ3n) is 7.19. The second kappa shape index (κ2) is 9.29. The van der Waals surface area contributed by atoms with Gasteiger partial charge in [-0.1, -0.05) is 54.6 Å². The number of carbonyl (C=O) groups excluding carboxylic acids is 1. The quantitative estimate of drug-likeness (QED) is 0.353. The number of para-hydroxylation sites is 3. The number of hydrogen-bond acceptors (Lipinski definition) is 2. The summed E-state index contributed by atoms with van der Waals surface area (Å²) in [6.45, 7) is 2.88. The number of carbonyl (C=O) groups is 1. The van der Waals surface area contributed by atoms with Crippen molar-refractivity contribution < 1.29 is 4.79 Å². The number of nitrogens with zero attached hydrogens (tertiary/aromatic N) is 3. The first kappa shape index (κ1) is 21.5. The number of piperidine rings is 1. The van der Waals surface area contributed by atoms with Gasteiger partial charge in [0.05, 0.1) is 17.4 Å². The number of nitrogens with one attached hydrogen (secondary N) is 2. The van der Waals surface area contributed by atoms with Crippen LogP contribution in [0.1, 0.15) is 35.4 Å². The molecule has 3 heterocycles. The predicted molar refractivity (Wildman–Crippen MR) is 139 cm³/mol. The van der Waals surface area contributed by atoms with Crippen molar-refractivity contribution in [2.24, 2.45) is 0 Å². The Bertz CT molecular complexity index is 1460. The predicted octanol–water partition coefficient (Wildman–Crippen LogP) is 5.66. The Morgan fingerprint density at radius 2 is 1.69 bits per heavy atom. The van der Waals surface area contributed by atoms with Gasteiger partial charge in [-0.25, -0.2) is 9.78 Å². The van der Waals surface area contributed by atoms with E-state index in [1.54, 1.807) is 0 Å². The van der Waals surface area contributed by atoms with Gasteiger partial charge in [0, 0.05) is 43.3 Å². The van der Waals surface area contributed by atoms with Gasteiger partial charge in [0.2, 0.25) is 0 Å². The van der Waals surface area contributed by atoms with E-state index in [0.29, 0.717) is 12.5 Å². The molecule has 0 spiro atoms. The summed E-state index contributed by atoms with van der Waals surface area (Å²) in [5, 5.41) is 4.41. The number of fused-ring (bicyclic) bond motifs is 2. The second-order valence-electron chi connectivity index (χ2n) is 9.39. The molecule has 0 aliphatic carbocycles. The minimum atomic E-state index is 0.0244. The Morgan fingerprint density at radius 3 is 2.54 bits per heavy atom. The lowest BCUT2D eigenvalue weighted by molar-refractivity contribution is 0.181. The molecule has 0 unspecified atom stereocenters. The summed E-state index contributed by atoms with van der Waals surface area (Å²) in [6.07, 6.45) is 6.02. The van der Waals surface area contributed by atoms with Gasteiger partial charge in [-0.15, -0.1) is 0 Å². The van der Waals surface area contributed by atoms with Crippen LogP contribution in [0.15, 0.2) is 85.3 Å². The zero-order valence-electron chi connectivity index (χ0n) is 19.7. The molecule has 3 aromatic carbocycles. The molecule has 6 nitrogen and oxygen atoms in total. The van der Waals surface area contributed by atoms with Gasteiger partial charge in [-0.2, -0.15) is 0 Å². The molecule has 1 saturated heterocycles. The summed E-state index contributed by atoms with van der Waals surface area (Å²) >= 11 is 0. The Morgan fingerprint density at radius 1 is 0.943 bits per heavy atom. The molecule has 0 saturated carbocycles. The molecule has 1 aliphatic rings. The minimum absolute atomic E-state index is 0.0244. The van der Waals surface area contributed by atoms with Gasteiger partial charge in [0.1, 0.15) is 0 Å². The number of H-pyrrole nitrogens is 1. The van der Waals surface area contributed by atoms with Crippen molar-refractivity contribution in [3.63, 3.8) is 0 Å². The van der Waals surface area contributed by atoms with Crippen LogP contribution in [0.25, 0.3) is 21.9 Å². The molecule has 2 N–H and O–H groups in total. The summed E-state index contributed by atoms with van der Waals surface area (Å²) in [6, 6.07) is 25.1. The number of aromatic amines is 1. The number of hydrogen-bond donors (Lipinski definition) is 2. The molecule has 5 aromatic rings. The van der Waals surface area contributed by atoms with E-state index in [0.717, 1.165) is 49.1 Å². The summed E-state index contributed by atoms with van der Waals surface area (Å²) in [7, 11) is 0. The Balaban J connectivity index is 1.01.